The third-order valence-corrected chi connectivity index (χ3v) is 9.05. The number of aromatic nitrogens is 1. The normalized spacial score (nSPS) is 14.4. The summed E-state index contributed by atoms with van der Waals surface area (Å²) in [6, 6.07) is 14.6. The van der Waals surface area contributed by atoms with Gasteiger partial charge in [0.05, 0.1) is 40.0 Å². The van der Waals surface area contributed by atoms with Crippen LogP contribution < -0.4 is 29.1 Å². The molecule has 1 atom stereocenters. The SMILES string of the molecule is CCOc1ccc([C@H]2C(C(=O)OC)=CN=c3s/c(=C/c4cc(I)cc(I)c4OCc4ccc(F)cc4)c(=O)n32)cc1OCC. The number of hydrogen-bond donors (Lipinski definition) is 0. The molecule has 5 rings (SSSR count). The maximum Gasteiger partial charge on any atom is 0.337 e. The van der Waals surface area contributed by atoms with Gasteiger partial charge in [0.25, 0.3) is 5.56 Å². The second-order valence-electron chi connectivity index (χ2n) is 9.47. The first-order chi connectivity index (χ1) is 21.2. The Hall–Kier alpha value is -3.24. The number of fused-ring (bicyclic) bond motifs is 1. The van der Waals surface area contributed by atoms with Crippen LogP contribution in [0.25, 0.3) is 6.08 Å². The molecule has 1 aromatic heterocycles. The maximum atomic E-state index is 14.1. The van der Waals surface area contributed by atoms with E-state index in [0.717, 1.165) is 12.7 Å². The van der Waals surface area contributed by atoms with Crippen molar-refractivity contribution in [2.75, 3.05) is 20.3 Å². The molecule has 1 aliphatic heterocycles. The number of rotatable bonds is 10. The topological polar surface area (TPSA) is 88.4 Å². The molecule has 4 aromatic rings. The molecule has 0 aliphatic carbocycles. The van der Waals surface area contributed by atoms with E-state index in [-0.39, 0.29) is 23.6 Å². The molecule has 0 saturated heterocycles. The summed E-state index contributed by atoms with van der Waals surface area (Å²) < 4.78 is 40.0. The lowest BCUT2D eigenvalue weighted by Gasteiger charge is -2.23. The van der Waals surface area contributed by atoms with Crippen molar-refractivity contribution in [2.24, 2.45) is 4.99 Å². The van der Waals surface area contributed by atoms with Crippen molar-refractivity contribution in [3.8, 4) is 17.2 Å². The van der Waals surface area contributed by atoms with Gasteiger partial charge in [0.2, 0.25) is 0 Å². The molecule has 12 heteroatoms. The predicted octanol–water partition coefficient (Wildman–Crippen LogP) is 5.74. The van der Waals surface area contributed by atoms with Gasteiger partial charge in [0, 0.05) is 15.3 Å². The summed E-state index contributed by atoms with van der Waals surface area (Å²) in [5.74, 6) is 0.758. The number of esters is 1. The molecule has 0 radical (unpaired) electrons. The molecule has 0 bridgehead atoms. The van der Waals surface area contributed by atoms with E-state index >= 15 is 0 Å². The molecular weight excluding hydrogens is 813 g/mol. The highest BCUT2D eigenvalue weighted by Gasteiger charge is 2.31. The van der Waals surface area contributed by atoms with Crippen molar-refractivity contribution < 1.29 is 28.1 Å². The van der Waals surface area contributed by atoms with Crippen LogP contribution in [-0.4, -0.2) is 30.9 Å². The Kier molecular flexibility index (Phi) is 10.4. The zero-order chi connectivity index (χ0) is 31.4. The summed E-state index contributed by atoms with van der Waals surface area (Å²) in [5.41, 5.74) is 2.05. The molecule has 8 nitrogen and oxygen atoms in total. The Balaban J connectivity index is 1.62. The Morgan fingerprint density at radius 1 is 1.02 bits per heavy atom. The zero-order valence-corrected chi connectivity index (χ0v) is 29.1. The fourth-order valence-corrected chi connectivity index (χ4v) is 7.71. The third-order valence-electron chi connectivity index (χ3n) is 6.63. The van der Waals surface area contributed by atoms with Gasteiger partial charge in [-0.25, -0.2) is 14.2 Å². The average Bonchev–Trinajstić information content (AvgIpc) is 3.32. The van der Waals surface area contributed by atoms with Gasteiger partial charge in [-0.3, -0.25) is 9.36 Å². The van der Waals surface area contributed by atoms with Crippen LogP contribution in [0.4, 0.5) is 4.39 Å². The number of methoxy groups -OCH3 is 1. The van der Waals surface area contributed by atoms with Crippen LogP contribution in [0.1, 0.15) is 36.6 Å². The van der Waals surface area contributed by atoms with Crippen LogP contribution in [0.2, 0.25) is 0 Å². The fraction of sp³-hybridized carbons (Fsp3) is 0.219. The summed E-state index contributed by atoms with van der Waals surface area (Å²) >= 11 is 5.63. The van der Waals surface area contributed by atoms with Gasteiger partial charge in [-0.05, 0) is 113 Å². The number of thiazole rings is 1. The Bertz CT molecular complexity index is 1920. The first-order valence-corrected chi connectivity index (χ1v) is 16.6. The van der Waals surface area contributed by atoms with Gasteiger partial charge in [-0.15, -0.1) is 0 Å². The minimum absolute atomic E-state index is 0.213. The first-order valence-electron chi connectivity index (χ1n) is 13.6. The van der Waals surface area contributed by atoms with Gasteiger partial charge in [0.15, 0.2) is 16.3 Å². The lowest BCUT2D eigenvalue weighted by atomic mass is 9.97. The molecule has 0 fully saturated rings. The summed E-state index contributed by atoms with van der Waals surface area (Å²) in [6.07, 6.45) is 3.23. The number of hydrogen-bond acceptors (Lipinski definition) is 8. The van der Waals surface area contributed by atoms with Crippen molar-refractivity contribution >= 4 is 68.6 Å². The molecule has 0 unspecified atom stereocenters. The highest BCUT2D eigenvalue weighted by Crippen LogP contribution is 2.35. The summed E-state index contributed by atoms with van der Waals surface area (Å²) in [4.78, 5) is 31.9. The van der Waals surface area contributed by atoms with E-state index in [9.17, 15) is 14.0 Å². The van der Waals surface area contributed by atoms with E-state index in [1.807, 2.05) is 26.0 Å². The van der Waals surface area contributed by atoms with Gasteiger partial charge in [-0.1, -0.05) is 29.5 Å². The van der Waals surface area contributed by atoms with Crippen LogP contribution in [0.3, 0.4) is 0 Å². The van der Waals surface area contributed by atoms with Crippen molar-refractivity contribution in [3.63, 3.8) is 0 Å². The van der Waals surface area contributed by atoms with Crippen molar-refractivity contribution in [1.82, 2.24) is 4.57 Å². The molecule has 2 heterocycles. The first kappa shape index (κ1) is 32.2. The van der Waals surface area contributed by atoms with Gasteiger partial charge >= 0.3 is 5.97 Å². The molecule has 0 spiro atoms. The minimum atomic E-state index is -0.805. The largest absolute Gasteiger partial charge is 0.490 e. The molecule has 0 amide bonds. The predicted molar refractivity (Wildman–Crippen MR) is 183 cm³/mol. The van der Waals surface area contributed by atoms with Crippen LogP contribution in [-0.2, 0) is 16.1 Å². The average molecular weight is 840 g/mol. The third kappa shape index (κ3) is 6.86. The Morgan fingerprint density at radius 3 is 2.45 bits per heavy atom. The number of carbonyl (C=O) groups excluding carboxylic acids is 1. The number of nitrogens with zero attached hydrogens (tertiary/aromatic N) is 2. The van der Waals surface area contributed by atoms with Crippen molar-refractivity contribution in [3.05, 3.63) is 116 Å². The minimum Gasteiger partial charge on any atom is -0.490 e. The molecule has 3 aromatic carbocycles. The molecular formula is C32H27FI2N2O6S. The van der Waals surface area contributed by atoms with Crippen molar-refractivity contribution in [2.45, 2.75) is 26.5 Å². The highest BCUT2D eigenvalue weighted by molar-refractivity contribution is 14.1. The highest BCUT2D eigenvalue weighted by atomic mass is 127. The van der Waals surface area contributed by atoms with E-state index in [1.165, 1.54) is 41.3 Å². The fourth-order valence-electron chi connectivity index (χ4n) is 4.70. The summed E-state index contributed by atoms with van der Waals surface area (Å²) in [6.45, 7) is 4.84. The van der Waals surface area contributed by atoms with Crippen LogP contribution >= 0.6 is 56.5 Å². The van der Waals surface area contributed by atoms with E-state index in [1.54, 1.807) is 36.4 Å². The van der Waals surface area contributed by atoms with Gasteiger partial charge in [0.1, 0.15) is 18.2 Å². The quantitative estimate of drug-likeness (QED) is 0.150. The smallest absolute Gasteiger partial charge is 0.337 e. The van der Waals surface area contributed by atoms with Crippen molar-refractivity contribution in [1.29, 1.82) is 0 Å². The summed E-state index contributed by atoms with van der Waals surface area (Å²) in [7, 11) is 1.29. The zero-order valence-electron chi connectivity index (χ0n) is 23.9. The van der Waals surface area contributed by atoms with E-state index < -0.39 is 12.0 Å². The number of carbonyl (C=O) groups is 1. The second-order valence-corrected chi connectivity index (χ2v) is 12.9. The lowest BCUT2D eigenvalue weighted by Crippen LogP contribution is -2.39. The van der Waals surface area contributed by atoms with Gasteiger partial charge < -0.3 is 18.9 Å². The monoisotopic (exact) mass is 840 g/mol. The van der Waals surface area contributed by atoms with Crippen LogP contribution in [0, 0.1) is 13.0 Å². The molecule has 1 aliphatic rings. The molecule has 0 saturated carbocycles. The summed E-state index contributed by atoms with van der Waals surface area (Å²) in [5, 5.41) is 0. The Morgan fingerprint density at radius 2 is 1.75 bits per heavy atom. The second kappa shape index (κ2) is 14.2. The van der Waals surface area contributed by atoms with E-state index in [0.29, 0.717) is 50.9 Å². The number of benzene rings is 3. The van der Waals surface area contributed by atoms with Gasteiger partial charge in [-0.2, -0.15) is 0 Å². The molecule has 228 valence electrons. The molecule has 44 heavy (non-hydrogen) atoms. The standard InChI is InChI=1S/C32H27FI2N2O6S/c1-4-41-25-11-8-19(13-26(25)42-5-2)28-23(31(39)40-3)16-36-32-37(28)30(38)27(44-32)14-20-12-22(34)15-24(35)29(20)43-17-18-6-9-21(33)10-7-18/h6-16,28H,4-5,17H2,1-3H3/b27-14+/t28-/m0/s1. The van der Waals surface area contributed by atoms with Crippen LogP contribution in [0.5, 0.6) is 17.2 Å². The maximum absolute atomic E-state index is 14.1. The van der Waals surface area contributed by atoms with E-state index in [2.05, 4.69) is 50.2 Å². The lowest BCUT2D eigenvalue weighted by molar-refractivity contribution is -0.136. The number of halogens is 3. The van der Waals surface area contributed by atoms with Crippen LogP contribution in [0.15, 0.2) is 76.2 Å². The molecule has 0 N–H and O–H groups in total. The van der Waals surface area contributed by atoms with E-state index in [4.69, 9.17) is 18.9 Å². The Labute approximate surface area is 284 Å². The number of ether oxygens (including phenoxy) is 4.